The maximum atomic E-state index is 12.1. The SMILES string of the molecule is Cn1nncc1C(=O)c1cc(N)ccc1Br. The normalized spacial score (nSPS) is 10.4. The lowest BCUT2D eigenvalue weighted by molar-refractivity contribution is 0.102. The van der Waals surface area contributed by atoms with E-state index in [0.717, 1.165) is 0 Å². The molecule has 0 aliphatic carbocycles. The highest BCUT2D eigenvalue weighted by molar-refractivity contribution is 9.10. The number of nitrogens with zero attached hydrogens (tertiary/aromatic N) is 3. The van der Waals surface area contributed by atoms with E-state index < -0.39 is 0 Å². The molecule has 0 aliphatic rings. The molecule has 2 rings (SSSR count). The lowest BCUT2D eigenvalue weighted by Crippen LogP contribution is -2.09. The zero-order chi connectivity index (χ0) is 11.7. The van der Waals surface area contributed by atoms with E-state index in [9.17, 15) is 4.79 Å². The maximum absolute atomic E-state index is 12.1. The first-order valence-corrected chi connectivity index (χ1v) is 5.33. The highest BCUT2D eigenvalue weighted by atomic mass is 79.9. The Morgan fingerprint density at radius 1 is 1.50 bits per heavy atom. The Morgan fingerprint density at radius 3 is 2.88 bits per heavy atom. The summed E-state index contributed by atoms with van der Waals surface area (Å²) in [5.41, 5.74) is 7.12. The Labute approximate surface area is 100 Å². The fraction of sp³-hybridized carbons (Fsp3) is 0.100. The summed E-state index contributed by atoms with van der Waals surface area (Å²) in [5.74, 6) is -0.160. The first-order valence-electron chi connectivity index (χ1n) is 4.54. The van der Waals surface area contributed by atoms with Crippen molar-refractivity contribution in [1.82, 2.24) is 15.0 Å². The molecule has 6 heteroatoms. The number of carbonyl (C=O) groups excluding carboxylic acids is 1. The summed E-state index contributed by atoms with van der Waals surface area (Å²) in [5, 5.41) is 7.38. The van der Waals surface area contributed by atoms with Crippen molar-refractivity contribution in [1.29, 1.82) is 0 Å². The van der Waals surface area contributed by atoms with Crippen LogP contribution < -0.4 is 5.73 Å². The zero-order valence-electron chi connectivity index (χ0n) is 8.51. The van der Waals surface area contributed by atoms with Gasteiger partial charge in [-0.05, 0) is 18.2 Å². The van der Waals surface area contributed by atoms with Crippen LogP contribution in [0.5, 0.6) is 0 Å². The number of hydrogen-bond donors (Lipinski definition) is 1. The van der Waals surface area contributed by atoms with Gasteiger partial charge in [-0.2, -0.15) is 0 Å². The molecule has 1 aromatic carbocycles. The number of rotatable bonds is 2. The second-order valence-electron chi connectivity index (χ2n) is 3.31. The average molecular weight is 281 g/mol. The number of nitrogens with two attached hydrogens (primary N) is 1. The molecule has 82 valence electrons. The molecule has 16 heavy (non-hydrogen) atoms. The molecule has 0 saturated heterocycles. The number of nitrogen functional groups attached to an aromatic ring is 1. The van der Waals surface area contributed by atoms with Crippen LogP contribution in [0.4, 0.5) is 5.69 Å². The van der Waals surface area contributed by atoms with Crippen LogP contribution in [0.1, 0.15) is 16.1 Å². The summed E-state index contributed by atoms with van der Waals surface area (Å²) in [6.07, 6.45) is 1.43. The molecule has 2 aromatic rings. The molecule has 1 aromatic heterocycles. The second-order valence-corrected chi connectivity index (χ2v) is 4.17. The van der Waals surface area contributed by atoms with Gasteiger partial charge in [0.05, 0.1) is 6.20 Å². The summed E-state index contributed by atoms with van der Waals surface area (Å²) in [4.78, 5) is 12.1. The van der Waals surface area contributed by atoms with Crippen LogP contribution in [-0.4, -0.2) is 20.8 Å². The molecule has 0 spiro atoms. The van der Waals surface area contributed by atoms with Gasteiger partial charge in [-0.3, -0.25) is 4.79 Å². The quantitative estimate of drug-likeness (QED) is 0.667. The van der Waals surface area contributed by atoms with E-state index in [-0.39, 0.29) is 5.78 Å². The molecule has 1 heterocycles. The maximum Gasteiger partial charge on any atom is 0.213 e. The van der Waals surface area contributed by atoms with Crippen molar-refractivity contribution in [3.05, 3.63) is 40.1 Å². The molecule has 0 radical (unpaired) electrons. The molecule has 0 unspecified atom stereocenters. The van der Waals surface area contributed by atoms with E-state index in [1.807, 2.05) is 0 Å². The van der Waals surface area contributed by atoms with E-state index in [1.165, 1.54) is 10.9 Å². The van der Waals surface area contributed by atoms with Gasteiger partial charge in [0.1, 0.15) is 5.69 Å². The van der Waals surface area contributed by atoms with Crippen molar-refractivity contribution in [2.45, 2.75) is 0 Å². The molecule has 0 bridgehead atoms. The van der Waals surface area contributed by atoms with E-state index >= 15 is 0 Å². The topological polar surface area (TPSA) is 73.8 Å². The van der Waals surface area contributed by atoms with Crippen LogP contribution in [-0.2, 0) is 7.05 Å². The number of hydrogen-bond acceptors (Lipinski definition) is 4. The van der Waals surface area contributed by atoms with Gasteiger partial charge >= 0.3 is 0 Å². The lowest BCUT2D eigenvalue weighted by atomic mass is 10.1. The molecular weight excluding hydrogens is 272 g/mol. The summed E-state index contributed by atoms with van der Waals surface area (Å²) < 4.78 is 2.13. The largest absolute Gasteiger partial charge is 0.399 e. The minimum atomic E-state index is -0.160. The molecule has 0 atom stereocenters. The Bertz CT molecular complexity index is 550. The molecule has 5 nitrogen and oxygen atoms in total. The number of aryl methyl sites for hydroxylation is 1. The summed E-state index contributed by atoms with van der Waals surface area (Å²) in [6, 6.07) is 5.09. The van der Waals surface area contributed by atoms with Crippen LogP contribution in [0.15, 0.2) is 28.9 Å². The molecule has 2 N–H and O–H groups in total. The van der Waals surface area contributed by atoms with Gasteiger partial charge in [0.2, 0.25) is 5.78 Å². The number of ketones is 1. The number of aromatic nitrogens is 3. The van der Waals surface area contributed by atoms with E-state index in [2.05, 4.69) is 26.2 Å². The molecule has 0 saturated carbocycles. The molecule has 0 amide bonds. The predicted octanol–water partition coefficient (Wildman–Crippen LogP) is 1.39. The van der Waals surface area contributed by atoms with Crippen LogP contribution in [0.2, 0.25) is 0 Å². The Kier molecular flexibility index (Phi) is 2.74. The summed E-state index contributed by atoms with van der Waals surface area (Å²) in [6.45, 7) is 0. The predicted molar refractivity (Wildman–Crippen MR) is 63.0 cm³/mol. The summed E-state index contributed by atoms with van der Waals surface area (Å²) in [7, 11) is 1.67. The van der Waals surface area contributed by atoms with Crippen molar-refractivity contribution in [3.8, 4) is 0 Å². The highest BCUT2D eigenvalue weighted by Crippen LogP contribution is 2.22. The standard InChI is InChI=1S/C10H9BrN4O/c1-15-9(5-13-14-15)10(16)7-4-6(12)2-3-8(7)11/h2-5H,12H2,1H3. The van der Waals surface area contributed by atoms with Gasteiger partial charge in [0, 0.05) is 22.8 Å². The Morgan fingerprint density at radius 2 is 2.25 bits per heavy atom. The number of anilines is 1. The van der Waals surface area contributed by atoms with E-state index in [1.54, 1.807) is 25.2 Å². The van der Waals surface area contributed by atoms with Gasteiger partial charge in [-0.1, -0.05) is 21.1 Å². The number of carbonyl (C=O) groups is 1. The molecular formula is C10H9BrN4O. The second kappa shape index (κ2) is 4.05. The van der Waals surface area contributed by atoms with Crippen molar-refractivity contribution in [2.75, 3.05) is 5.73 Å². The minimum absolute atomic E-state index is 0.160. The van der Waals surface area contributed by atoms with Crippen molar-refractivity contribution >= 4 is 27.4 Å². The third-order valence-corrected chi connectivity index (χ3v) is 2.87. The van der Waals surface area contributed by atoms with Crippen LogP contribution in [0.25, 0.3) is 0 Å². The minimum Gasteiger partial charge on any atom is -0.399 e. The van der Waals surface area contributed by atoms with Crippen molar-refractivity contribution < 1.29 is 4.79 Å². The van der Waals surface area contributed by atoms with Crippen LogP contribution in [0, 0.1) is 0 Å². The Hall–Kier alpha value is -1.69. The number of halogens is 1. The van der Waals surface area contributed by atoms with Gasteiger partial charge in [-0.15, -0.1) is 5.10 Å². The fourth-order valence-electron chi connectivity index (χ4n) is 1.35. The fourth-order valence-corrected chi connectivity index (χ4v) is 1.78. The highest BCUT2D eigenvalue weighted by Gasteiger charge is 2.16. The molecule has 0 fully saturated rings. The monoisotopic (exact) mass is 280 g/mol. The smallest absolute Gasteiger partial charge is 0.213 e. The van der Waals surface area contributed by atoms with Gasteiger partial charge < -0.3 is 5.73 Å². The van der Waals surface area contributed by atoms with E-state index in [0.29, 0.717) is 21.4 Å². The number of benzene rings is 1. The van der Waals surface area contributed by atoms with Crippen LogP contribution in [0.3, 0.4) is 0 Å². The average Bonchev–Trinajstić information content (AvgIpc) is 2.67. The van der Waals surface area contributed by atoms with Crippen LogP contribution >= 0.6 is 15.9 Å². The van der Waals surface area contributed by atoms with Crippen molar-refractivity contribution in [3.63, 3.8) is 0 Å². The van der Waals surface area contributed by atoms with Gasteiger partial charge in [-0.25, -0.2) is 4.68 Å². The third-order valence-electron chi connectivity index (χ3n) is 2.18. The van der Waals surface area contributed by atoms with E-state index in [4.69, 9.17) is 5.73 Å². The van der Waals surface area contributed by atoms with Crippen molar-refractivity contribution in [2.24, 2.45) is 7.05 Å². The summed E-state index contributed by atoms with van der Waals surface area (Å²) >= 11 is 3.31. The Balaban J connectivity index is 2.49. The third kappa shape index (κ3) is 1.83. The lowest BCUT2D eigenvalue weighted by Gasteiger charge is -2.04. The molecule has 0 aliphatic heterocycles. The first kappa shape index (κ1) is 10.8. The first-order chi connectivity index (χ1) is 7.59. The van der Waals surface area contributed by atoms with Gasteiger partial charge in [0.25, 0.3) is 0 Å². The zero-order valence-corrected chi connectivity index (χ0v) is 10.1. The van der Waals surface area contributed by atoms with Gasteiger partial charge in [0.15, 0.2) is 0 Å².